The normalized spacial score (nSPS) is 10.9. The van der Waals surface area contributed by atoms with Crippen molar-refractivity contribution < 1.29 is 9.90 Å². The SMILES string of the molecule is CCN(CCCO)C(=O)/C=C/c1ccc(C)cc1C. The molecule has 0 saturated heterocycles. The second-order valence-corrected chi connectivity index (χ2v) is 4.69. The van der Waals surface area contributed by atoms with E-state index in [1.165, 1.54) is 11.1 Å². The monoisotopic (exact) mass is 261 g/mol. The van der Waals surface area contributed by atoms with Crippen LogP contribution in [-0.2, 0) is 4.79 Å². The van der Waals surface area contributed by atoms with Crippen LogP contribution >= 0.6 is 0 Å². The Hall–Kier alpha value is -1.61. The van der Waals surface area contributed by atoms with Gasteiger partial charge in [0.05, 0.1) is 0 Å². The molecular formula is C16H23NO2. The third-order valence-electron chi connectivity index (χ3n) is 3.11. The van der Waals surface area contributed by atoms with E-state index in [1.807, 2.05) is 32.1 Å². The summed E-state index contributed by atoms with van der Waals surface area (Å²) in [5.74, 6) is -0.00377. The molecule has 1 aromatic carbocycles. The summed E-state index contributed by atoms with van der Waals surface area (Å²) < 4.78 is 0. The van der Waals surface area contributed by atoms with Crippen LogP contribution in [0.2, 0.25) is 0 Å². The molecule has 3 nitrogen and oxygen atoms in total. The van der Waals surface area contributed by atoms with Crippen molar-refractivity contribution in [2.24, 2.45) is 0 Å². The van der Waals surface area contributed by atoms with Crippen LogP contribution < -0.4 is 0 Å². The zero-order valence-corrected chi connectivity index (χ0v) is 12.0. The predicted octanol–water partition coefficient (Wildman–Crippen LogP) is 2.55. The number of aliphatic hydroxyl groups is 1. The molecule has 1 aromatic rings. The van der Waals surface area contributed by atoms with Gasteiger partial charge in [-0.2, -0.15) is 0 Å². The highest BCUT2D eigenvalue weighted by atomic mass is 16.3. The first-order valence-corrected chi connectivity index (χ1v) is 6.73. The fraction of sp³-hybridized carbons (Fsp3) is 0.438. The van der Waals surface area contributed by atoms with Gasteiger partial charge in [0.25, 0.3) is 0 Å². The highest BCUT2D eigenvalue weighted by Gasteiger charge is 2.07. The molecule has 19 heavy (non-hydrogen) atoms. The third kappa shape index (κ3) is 4.87. The molecule has 1 N–H and O–H groups in total. The Kier molecular flexibility index (Phi) is 6.30. The number of likely N-dealkylation sites (N-methyl/N-ethyl adjacent to an activating group) is 1. The van der Waals surface area contributed by atoms with Crippen LogP contribution in [0, 0.1) is 13.8 Å². The van der Waals surface area contributed by atoms with E-state index in [2.05, 4.69) is 13.0 Å². The van der Waals surface area contributed by atoms with Gasteiger partial charge in [0.2, 0.25) is 5.91 Å². The van der Waals surface area contributed by atoms with E-state index >= 15 is 0 Å². The van der Waals surface area contributed by atoms with Crippen LogP contribution in [0.4, 0.5) is 0 Å². The smallest absolute Gasteiger partial charge is 0.246 e. The molecule has 1 amide bonds. The number of carbonyl (C=O) groups excluding carboxylic acids is 1. The number of aliphatic hydroxyl groups excluding tert-OH is 1. The van der Waals surface area contributed by atoms with E-state index in [0.717, 1.165) is 5.56 Å². The predicted molar refractivity (Wildman–Crippen MR) is 78.9 cm³/mol. The number of aryl methyl sites for hydroxylation is 2. The van der Waals surface area contributed by atoms with Crippen LogP contribution in [0.3, 0.4) is 0 Å². The summed E-state index contributed by atoms with van der Waals surface area (Å²) >= 11 is 0. The zero-order valence-electron chi connectivity index (χ0n) is 12.0. The number of rotatable bonds is 6. The third-order valence-corrected chi connectivity index (χ3v) is 3.11. The minimum Gasteiger partial charge on any atom is -0.396 e. The highest BCUT2D eigenvalue weighted by Crippen LogP contribution is 2.12. The van der Waals surface area contributed by atoms with E-state index < -0.39 is 0 Å². The minimum atomic E-state index is -0.00377. The molecule has 104 valence electrons. The number of hydrogen-bond acceptors (Lipinski definition) is 2. The van der Waals surface area contributed by atoms with Gasteiger partial charge in [-0.25, -0.2) is 0 Å². The Balaban J connectivity index is 2.71. The molecule has 0 bridgehead atoms. The van der Waals surface area contributed by atoms with Gasteiger partial charge >= 0.3 is 0 Å². The molecular weight excluding hydrogens is 238 g/mol. The van der Waals surface area contributed by atoms with E-state index in [1.54, 1.807) is 11.0 Å². The Morgan fingerprint density at radius 3 is 2.68 bits per heavy atom. The molecule has 0 aromatic heterocycles. The standard InChI is InChI=1S/C16H23NO2/c1-4-17(10-5-11-18)16(19)9-8-15-7-6-13(2)12-14(15)3/h6-9,12,18H,4-5,10-11H2,1-3H3/b9-8+. The van der Waals surface area contributed by atoms with Crippen molar-refractivity contribution in [1.82, 2.24) is 4.90 Å². The molecule has 0 radical (unpaired) electrons. The zero-order chi connectivity index (χ0) is 14.3. The average molecular weight is 261 g/mol. The largest absolute Gasteiger partial charge is 0.396 e. The highest BCUT2D eigenvalue weighted by molar-refractivity contribution is 5.91. The number of nitrogens with zero attached hydrogens (tertiary/aromatic N) is 1. The Labute approximate surface area is 115 Å². The summed E-state index contributed by atoms with van der Waals surface area (Å²) in [5, 5.41) is 8.81. The second kappa shape index (κ2) is 7.74. The molecule has 0 fully saturated rings. The minimum absolute atomic E-state index is 0.00377. The van der Waals surface area contributed by atoms with Crippen molar-refractivity contribution in [3.05, 3.63) is 41.0 Å². The van der Waals surface area contributed by atoms with Gasteiger partial charge in [0.15, 0.2) is 0 Å². The second-order valence-electron chi connectivity index (χ2n) is 4.69. The molecule has 0 aliphatic carbocycles. The van der Waals surface area contributed by atoms with Gasteiger partial charge in [0.1, 0.15) is 0 Å². The maximum atomic E-state index is 12.0. The van der Waals surface area contributed by atoms with Crippen molar-refractivity contribution in [2.75, 3.05) is 19.7 Å². The molecule has 3 heteroatoms. The lowest BCUT2D eigenvalue weighted by molar-refractivity contribution is -0.125. The molecule has 0 aliphatic rings. The Bertz CT molecular complexity index is 452. The van der Waals surface area contributed by atoms with E-state index in [-0.39, 0.29) is 12.5 Å². The van der Waals surface area contributed by atoms with Crippen LogP contribution in [0.5, 0.6) is 0 Å². The lowest BCUT2D eigenvalue weighted by atomic mass is 10.1. The van der Waals surface area contributed by atoms with Crippen molar-refractivity contribution >= 4 is 12.0 Å². The Morgan fingerprint density at radius 2 is 2.11 bits per heavy atom. The molecule has 0 heterocycles. The maximum absolute atomic E-state index is 12.0. The lowest BCUT2D eigenvalue weighted by Crippen LogP contribution is -2.30. The molecule has 0 aliphatic heterocycles. The molecule has 0 saturated carbocycles. The van der Waals surface area contributed by atoms with E-state index in [4.69, 9.17) is 5.11 Å². The summed E-state index contributed by atoms with van der Waals surface area (Å²) in [6, 6.07) is 6.17. The van der Waals surface area contributed by atoms with E-state index in [0.29, 0.717) is 19.5 Å². The van der Waals surface area contributed by atoms with Crippen molar-refractivity contribution in [2.45, 2.75) is 27.2 Å². The first-order valence-electron chi connectivity index (χ1n) is 6.73. The van der Waals surface area contributed by atoms with Crippen LogP contribution in [0.15, 0.2) is 24.3 Å². The summed E-state index contributed by atoms with van der Waals surface area (Å²) in [7, 11) is 0. The van der Waals surface area contributed by atoms with Gasteiger partial charge in [-0.15, -0.1) is 0 Å². The number of benzene rings is 1. The number of hydrogen-bond donors (Lipinski definition) is 1. The fourth-order valence-corrected chi connectivity index (χ4v) is 1.96. The molecule has 0 unspecified atom stereocenters. The summed E-state index contributed by atoms with van der Waals surface area (Å²) in [4.78, 5) is 13.7. The molecule has 1 rings (SSSR count). The quantitative estimate of drug-likeness (QED) is 0.799. The van der Waals surface area contributed by atoms with Crippen molar-refractivity contribution in [1.29, 1.82) is 0 Å². The first-order chi connectivity index (χ1) is 9.08. The van der Waals surface area contributed by atoms with Crippen LogP contribution in [-0.4, -0.2) is 35.6 Å². The average Bonchev–Trinajstić information content (AvgIpc) is 2.38. The fourth-order valence-electron chi connectivity index (χ4n) is 1.96. The number of carbonyl (C=O) groups is 1. The lowest BCUT2D eigenvalue weighted by Gasteiger charge is -2.18. The van der Waals surface area contributed by atoms with Gasteiger partial charge in [-0.05, 0) is 44.4 Å². The number of amides is 1. The maximum Gasteiger partial charge on any atom is 0.246 e. The van der Waals surface area contributed by atoms with Gasteiger partial charge in [0, 0.05) is 25.8 Å². The van der Waals surface area contributed by atoms with Gasteiger partial charge in [-0.3, -0.25) is 4.79 Å². The summed E-state index contributed by atoms with van der Waals surface area (Å²) in [6.45, 7) is 7.42. The molecule has 0 spiro atoms. The molecule has 0 atom stereocenters. The first kappa shape index (κ1) is 15.4. The van der Waals surface area contributed by atoms with Gasteiger partial charge < -0.3 is 10.0 Å². The van der Waals surface area contributed by atoms with Crippen molar-refractivity contribution in [3.63, 3.8) is 0 Å². The summed E-state index contributed by atoms with van der Waals surface area (Å²) in [5.41, 5.74) is 3.46. The van der Waals surface area contributed by atoms with Crippen LogP contribution in [0.1, 0.15) is 30.0 Å². The Morgan fingerprint density at radius 1 is 1.37 bits per heavy atom. The van der Waals surface area contributed by atoms with Gasteiger partial charge in [-0.1, -0.05) is 23.8 Å². The van der Waals surface area contributed by atoms with Crippen LogP contribution in [0.25, 0.3) is 6.08 Å². The topological polar surface area (TPSA) is 40.5 Å². The summed E-state index contributed by atoms with van der Waals surface area (Å²) in [6.07, 6.45) is 4.09. The van der Waals surface area contributed by atoms with E-state index in [9.17, 15) is 4.79 Å². The van der Waals surface area contributed by atoms with Crippen molar-refractivity contribution in [3.8, 4) is 0 Å².